The van der Waals surface area contributed by atoms with Crippen LogP contribution in [0.15, 0.2) is 23.1 Å². The van der Waals surface area contributed by atoms with Crippen molar-refractivity contribution in [3.05, 3.63) is 23.8 Å². The summed E-state index contributed by atoms with van der Waals surface area (Å²) >= 11 is 0. The van der Waals surface area contributed by atoms with Crippen LogP contribution in [-0.4, -0.2) is 44.4 Å². The van der Waals surface area contributed by atoms with Gasteiger partial charge in [-0.15, -0.1) is 0 Å². The quantitative estimate of drug-likeness (QED) is 0.815. The largest absolute Gasteiger partial charge is 0.478 e. The summed E-state index contributed by atoms with van der Waals surface area (Å²) in [4.78, 5) is 23.1. The smallest absolute Gasteiger partial charge is 0.335 e. The number of ether oxygens (including phenoxy) is 1. The van der Waals surface area contributed by atoms with Crippen molar-refractivity contribution in [2.24, 2.45) is 0 Å². The number of carbonyl (C=O) groups excluding carboxylic acids is 1. The Kier molecular flexibility index (Phi) is 4.76. The summed E-state index contributed by atoms with van der Waals surface area (Å²) < 4.78 is 28.7. The van der Waals surface area contributed by atoms with Crippen LogP contribution in [-0.2, 0) is 19.4 Å². The predicted molar refractivity (Wildman–Crippen MR) is 83.3 cm³/mol. The highest BCUT2D eigenvalue weighted by atomic mass is 32.2. The molecule has 0 aliphatic heterocycles. The van der Waals surface area contributed by atoms with Crippen LogP contribution in [0.2, 0.25) is 0 Å². The summed E-state index contributed by atoms with van der Waals surface area (Å²) in [5, 5.41) is 11.6. The number of rotatable bonds is 6. The lowest BCUT2D eigenvalue weighted by atomic mass is 9.77. The molecule has 0 aromatic heterocycles. The van der Waals surface area contributed by atoms with Crippen molar-refractivity contribution in [1.82, 2.24) is 0 Å². The second-order valence-corrected chi connectivity index (χ2v) is 7.80. The Morgan fingerprint density at radius 1 is 1.30 bits per heavy atom. The van der Waals surface area contributed by atoms with E-state index in [-0.39, 0.29) is 28.5 Å². The maximum atomic E-state index is 12.1. The molecule has 0 radical (unpaired) electrons. The molecular weight excluding hydrogens is 322 g/mol. The van der Waals surface area contributed by atoms with E-state index in [9.17, 15) is 18.0 Å². The van der Waals surface area contributed by atoms with Crippen molar-refractivity contribution >= 4 is 27.4 Å². The third-order valence-electron chi connectivity index (χ3n) is 4.05. The maximum Gasteiger partial charge on any atom is 0.335 e. The van der Waals surface area contributed by atoms with Crippen LogP contribution in [0.1, 0.15) is 36.0 Å². The number of nitrogens with one attached hydrogen (secondary N) is 1. The van der Waals surface area contributed by atoms with Crippen molar-refractivity contribution in [2.75, 3.05) is 18.7 Å². The minimum Gasteiger partial charge on any atom is -0.478 e. The number of carboxylic acids is 1. The number of anilines is 1. The van der Waals surface area contributed by atoms with Gasteiger partial charge in [0.2, 0.25) is 5.91 Å². The molecule has 0 heterocycles. The Morgan fingerprint density at radius 3 is 2.39 bits per heavy atom. The third-order valence-corrected chi connectivity index (χ3v) is 5.14. The highest BCUT2D eigenvalue weighted by Gasteiger charge is 2.39. The van der Waals surface area contributed by atoms with Gasteiger partial charge in [0.15, 0.2) is 9.84 Å². The molecule has 0 saturated heterocycles. The summed E-state index contributed by atoms with van der Waals surface area (Å²) in [6, 6.07) is 3.55. The van der Waals surface area contributed by atoms with E-state index < -0.39 is 21.4 Å². The fraction of sp³-hybridized carbons (Fsp3) is 0.467. The van der Waals surface area contributed by atoms with Crippen LogP contribution in [0.5, 0.6) is 0 Å². The zero-order valence-electron chi connectivity index (χ0n) is 13.0. The first-order chi connectivity index (χ1) is 10.6. The van der Waals surface area contributed by atoms with E-state index in [0.29, 0.717) is 0 Å². The van der Waals surface area contributed by atoms with Crippen LogP contribution >= 0.6 is 0 Å². The van der Waals surface area contributed by atoms with Crippen LogP contribution < -0.4 is 5.32 Å². The first-order valence-electron chi connectivity index (χ1n) is 7.09. The SMILES string of the molecule is COC1(CC(=O)Nc2cc(C(=O)O)cc(S(C)(=O)=O)c2)CCC1. The van der Waals surface area contributed by atoms with Gasteiger partial charge in [-0.2, -0.15) is 0 Å². The molecule has 0 unspecified atom stereocenters. The van der Waals surface area contributed by atoms with E-state index in [1.54, 1.807) is 7.11 Å². The topological polar surface area (TPSA) is 110 Å². The summed E-state index contributed by atoms with van der Waals surface area (Å²) in [5.41, 5.74) is -0.525. The normalized spacial score (nSPS) is 16.4. The fourth-order valence-corrected chi connectivity index (χ4v) is 3.21. The van der Waals surface area contributed by atoms with Gasteiger partial charge in [-0.25, -0.2) is 13.2 Å². The molecule has 126 valence electrons. The molecule has 1 aliphatic carbocycles. The number of methoxy groups -OCH3 is 1. The molecule has 1 aromatic rings. The zero-order valence-corrected chi connectivity index (χ0v) is 13.8. The minimum absolute atomic E-state index is 0.140. The maximum absolute atomic E-state index is 12.1. The van der Waals surface area contributed by atoms with Gasteiger partial charge in [0.25, 0.3) is 0 Å². The molecular formula is C15H19NO6S. The van der Waals surface area contributed by atoms with Gasteiger partial charge in [0.1, 0.15) is 0 Å². The Bertz CT molecular complexity index is 731. The van der Waals surface area contributed by atoms with E-state index >= 15 is 0 Å². The number of carbonyl (C=O) groups is 2. The van der Waals surface area contributed by atoms with Crippen LogP contribution in [0.3, 0.4) is 0 Å². The monoisotopic (exact) mass is 341 g/mol. The van der Waals surface area contributed by atoms with Gasteiger partial charge < -0.3 is 15.2 Å². The molecule has 1 fully saturated rings. The number of amides is 1. The summed E-state index contributed by atoms with van der Waals surface area (Å²) in [6.07, 6.45) is 3.71. The lowest BCUT2D eigenvalue weighted by molar-refractivity contribution is -0.129. The van der Waals surface area contributed by atoms with Gasteiger partial charge in [-0.1, -0.05) is 0 Å². The highest BCUT2D eigenvalue weighted by Crippen LogP contribution is 2.38. The number of hydrogen-bond donors (Lipinski definition) is 2. The highest BCUT2D eigenvalue weighted by molar-refractivity contribution is 7.90. The number of hydrogen-bond acceptors (Lipinski definition) is 5. The van der Waals surface area contributed by atoms with Crippen molar-refractivity contribution in [3.63, 3.8) is 0 Å². The van der Waals surface area contributed by atoms with Gasteiger partial charge >= 0.3 is 5.97 Å². The first kappa shape index (κ1) is 17.4. The molecule has 0 atom stereocenters. The predicted octanol–water partition coefficient (Wildman–Crippen LogP) is 1.69. The fourth-order valence-electron chi connectivity index (χ4n) is 2.53. The molecule has 7 nitrogen and oxygen atoms in total. The van der Waals surface area contributed by atoms with Crippen molar-refractivity contribution < 1.29 is 27.9 Å². The lowest BCUT2D eigenvalue weighted by Gasteiger charge is -2.39. The molecule has 1 amide bonds. The lowest BCUT2D eigenvalue weighted by Crippen LogP contribution is -2.42. The summed E-state index contributed by atoms with van der Waals surface area (Å²) in [5.74, 6) is -1.60. The van der Waals surface area contributed by atoms with Gasteiger partial charge in [-0.3, -0.25) is 4.79 Å². The zero-order chi connectivity index (χ0) is 17.3. The molecule has 2 rings (SSSR count). The molecule has 2 N–H and O–H groups in total. The minimum atomic E-state index is -3.59. The molecule has 8 heteroatoms. The Morgan fingerprint density at radius 2 is 1.96 bits per heavy atom. The number of sulfone groups is 1. The third kappa shape index (κ3) is 4.08. The average Bonchev–Trinajstić information content (AvgIpc) is 2.41. The molecule has 0 spiro atoms. The van der Waals surface area contributed by atoms with Crippen molar-refractivity contribution in [1.29, 1.82) is 0 Å². The van der Waals surface area contributed by atoms with E-state index in [1.807, 2.05) is 0 Å². The van der Waals surface area contributed by atoms with E-state index in [4.69, 9.17) is 9.84 Å². The first-order valence-corrected chi connectivity index (χ1v) is 8.98. The standard InChI is InChI=1S/C15H19NO6S/c1-22-15(4-3-5-15)9-13(17)16-11-6-10(14(18)19)7-12(8-11)23(2,20)21/h6-8H,3-5,9H2,1-2H3,(H,16,17)(H,18,19). The van der Waals surface area contributed by atoms with Crippen LogP contribution in [0.25, 0.3) is 0 Å². The second kappa shape index (κ2) is 6.29. The molecule has 0 bridgehead atoms. The molecule has 1 aromatic carbocycles. The Hall–Kier alpha value is -1.93. The molecule has 23 heavy (non-hydrogen) atoms. The van der Waals surface area contributed by atoms with E-state index in [1.165, 1.54) is 12.1 Å². The Labute approximate surface area is 134 Å². The van der Waals surface area contributed by atoms with Gasteiger partial charge in [-0.05, 0) is 37.5 Å². The summed E-state index contributed by atoms with van der Waals surface area (Å²) in [6.45, 7) is 0. The Balaban J connectivity index is 2.23. The van der Waals surface area contributed by atoms with E-state index in [0.717, 1.165) is 31.6 Å². The van der Waals surface area contributed by atoms with Crippen LogP contribution in [0, 0.1) is 0 Å². The number of carboxylic acid groups (broad SMARTS) is 1. The van der Waals surface area contributed by atoms with Crippen molar-refractivity contribution in [2.45, 2.75) is 36.2 Å². The average molecular weight is 341 g/mol. The summed E-state index contributed by atoms with van der Waals surface area (Å²) in [7, 11) is -2.03. The second-order valence-electron chi connectivity index (χ2n) is 5.79. The van der Waals surface area contributed by atoms with E-state index in [2.05, 4.69) is 5.32 Å². The molecule has 1 saturated carbocycles. The molecule has 1 aliphatic rings. The van der Waals surface area contributed by atoms with Gasteiger partial charge in [0.05, 0.1) is 22.5 Å². The van der Waals surface area contributed by atoms with Crippen LogP contribution in [0.4, 0.5) is 5.69 Å². The van der Waals surface area contributed by atoms with Crippen molar-refractivity contribution in [3.8, 4) is 0 Å². The number of aromatic carboxylic acids is 1. The van der Waals surface area contributed by atoms with Gasteiger partial charge in [0, 0.05) is 19.1 Å². The number of benzene rings is 1.